The van der Waals surface area contributed by atoms with Crippen molar-refractivity contribution in [1.29, 1.82) is 0 Å². The Labute approximate surface area is 156 Å². The number of carbonyl (C=O) groups is 2. The number of ether oxygens (including phenoxy) is 1. The Morgan fingerprint density at radius 2 is 2.07 bits per heavy atom. The van der Waals surface area contributed by atoms with E-state index in [9.17, 15) is 9.59 Å². The van der Waals surface area contributed by atoms with Gasteiger partial charge in [-0.1, -0.05) is 36.2 Å². The number of carbonyl (C=O) groups excluding carboxylic acids is 2. The highest BCUT2D eigenvalue weighted by molar-refractivity contribution is 5.88. The smallest absolute Gasteiger partial charge is 0.318 e. The largest absolute Gasteiger partial charge is 0.496 e. The summed E-state index contributed by atoms with van der Waals surface area (Å²) in [7, 11) is 1.62. The summed E-state index contributed by atoms with van der Waals surface area (Å²) in [6.45, 7) is 0.463. The van der Waals surface area contributed by atoms with Crippen LogP contribution in [0.15, 0.2) is 28.8 Å². The van der Waals surface area contributed by atoms with Gasteiger partial charge in [-0.2, -0.15) is 4.98 Å². The van der Waals surface area contributed by atoms with Gasteiger partial charge in [-0.05, 0) is 18.9 Å². The minimum Gasteiger partial charge on any atom is -0.496 e. The van der Waals surface area contributed by atoms with Crippen LogP contribution in [0.5, 0.6) is 5.75 Å². The molecule has 0 radical (unpaired) electrons. The summed E-state index contributed by atoms with van der Waals surface area (Å²) in [6, 6.07) is 7.58. The first-order valence-electron chi connectivity index (χ1n) is 8.87. The number of amides is 3. The van der Waals surface area contributed by atoms with Gasteiger partial charge >= 0.3 is 6.03 Å². The molecule has 9 heteroatoms. The summed E-state index contributed by atoms with van der Waals surface area (Å²) in [5, 5.41) is 6.25. The fourth-order valence-corrected chi connectivity index (χ4v) is 3.28. The lowest BCUT2D eigenvalue weighted by molar-refractivity contribution is 0.0987. The van der Waals surface area contributed by atoms with Crippen molar-refractivity contribution in [3.05, 3.63) is 41.5 Å². The lowest BCUT2D eigenvalue weighted by Crippen LogP contribution is -2.44. The number of primary amides is 1. The predicted octanol–water partition coefficient (Wildman–Crippen LogP) is 1.83. The molecule has 1 fully saturated rings. The average Bonchev–Trinajstić information content (AvgIpc) is 3.36. The summed E-state index contributed by atoms with van der Waals surface area (Å²) >= 11 is 0. The van der Waals surface area contributed by atoms with Crippen LogP contribution >= 0.6 is 0 Å². The van der Waals surface area contributed by atoms with Crippen molar-refractivity contribution in [1.82, 2.24) is 20.4 Å². The SMILES string of the molecule is COc1ccccc1CN(C(=O)NCc1nc(C(N)=O)no1)C1CCCC1. The van der Waals surface area contributed by atoms with E-state index in [-0.39, 0.29) is 30.3 Å². The molecule has 1 aliphatic carbocycles. The van der Waals surface area contributed by atoms with Crippen LogP contribution in [-0.2, 0) is 13.1 Å². The van der Waals surface area contributed by atoms with Crippen molar-refractivity contribution >= 4 is 11.9 Å². The van der Waals surface area contributed by atoms with E-state index in [1.807, 2.05) is 29.2 Å². The van der Waals surface area contributed by atoms with Gasteiger partial charge < -0.3 is 25.2 Å². The van der Waals surface area contributed by atoms with Crippen LogP contribution in [0, 0.1) is 0 Å². The maximum atomic E-state index is 12.8. The number of nitrogens with one attached hydrogen (secondary N) is 1. The van der Waals surface area contributed by atoms with Crippen LogP contribution in [0.2, 0.25) is 0 Å². The summed E-state index contributed by atoms with van der Waals surface area (Å²) in [4.78, 5) is 29.5. The first-order chi connectivity index (χ1) is 13.1. The quantitative estimate of drug-likeness (QED) is 0.763. The summed E-state index contributed by atoms with van der Waals surface area (Å²) in [5.74, 6) is -0.113. The van der Waals surface area contributed by atoms with Crippen LogP contribution in [-0.4, -0.2) is 40.1 Å². The number of rotatable bonds is 7. The van der Waals surface area contributed by atoms with Gasteiger partial charge in [-0.3, -0.25) is 4.79 Å². The molecular weight excluding hydrogens is 350 g/mol. The Kier molecular flexibility index (Phi) is 5.90. The predicted molar refractivity (Wildman–Crippen MR) is 95.8 cm³/mol. The third-order valence-corrected chi connectivity index (χ3v) is 4.64. The summed E-state index contributed by atoms with van der Waals surface area (Å²) in [5.41, 5.74) is 6.04. The van der Waals surface area contributed by atoms with Gasteiger partial charge in [0, 0.05) is 11.6 Å². The summed E-state index contributed by atoms with van der Waals surface area (Å²) < 4.78 is 10.3. The van der Waals surface area contributed by atoms with Gasteiger partial charge in [0.25, 0.3) is 11.7 Å². The van der Waals surface area contributed by atoms with E-state index in [0.29, 0.717) is 6.54 Å². The molecular formula is C18H23N5O4. The molecule has 2 aromatic rings. The number of nitrogens with zero attached hydrogens (tertiary/aromatic N) is 3. The van der Waals surface area contributed by atoms with E-state index in [2.05, 4.69) is 15.5 Å². The zero-order chi connectivity index (χ0) is 19.2. The lowest BCUT2D eigenvalue weighted by Gasteiger charge is -2.29. The fraction of sp³-hybridized carbons (Fsp3) is 0.444. The zero-order valence-corrected chi connectivity index (χ0v) is 15.2. The molecule has 3 amide bonds. The maximum absolute atomic E-state index is 12.8. The molecule has 3 N–H and O–H groups in total. The van der Waals surface area contributed by atoms with Crippen molar-refractivity contribution < 1.29 is 18.8 Å². The highest BCUT2D eigenvalue weighted by Crippen LogP contribution is 2.27. The van der Waals surface area contributed by atoms with Crippen molar-refractivity contribution in [3.8, 4) is 5.75 Å². The Hall–Kier alpha value is -3.10. The highest BCUT2D eigenvalue weighted by Gasteiger charge is 2.27. The fourth-order valence-electron chi connectivity index (χ4n) is 3.28. The second kappa shape index (κ2) is 8.52. The number of para-hydroxylation sites is 1. The molecule has 1 aromatic carbocycles. The van der Waals surface area contributed by atoms with Gasteiger partial charge in [0.1, 0.15) is 5.75 Å². The molecule has 27 heavy (non-hydrogen) atoms. The second-order valence-corrected chi connectivity index (χ2v) is 6.41. The average molecular weight is 373 g/mol. The van der Waals surface area contributed by atoms with E-state index >= 15 is 0 Å². The van der Waals surface area contributed by atoms with E-state index in [4.69, 9.17) is 15.0 Å². The minimum atomic E-state index is -0.778. The standard InChI is InChI=1S/C18H23N5O4/c1-26-14-9-5-2-6-12(14)11-23(13-7-3-4-8-13)18(25)20-10-15-21-17(16(19)24)22-27-15/h2,5-6,9,13H,3-4,7-8,10-11H2,1H3,(H2,19,24)(H,20,25). The Morgan fingerprint density at radius 1 is 1.33 bits per heavy atom. The number of urea groups is 1. The van der Waals surface area contributed by atoms with E-state index in [1.54, 1.807) is 7.11 Å². The van der Waals surface area contributed by atoms with Gasteiger partial charge in [-0.25, -0.2) is 4.79 Å². The number of hydrogen-bond donors (Lipinski definition) is 2. The highest BCUT2D eigenvalue weighted by atomic mass is 16.5. The number of benzene rings is 1. The third kappa shape index (κ3) is 4.55. The Bertz CT molecular complexity index is 801. The number of methoxy groups -OCH3 is 1. The molecule has 0 unspecified atom stereocenters. The van der Waals surface area contributed by atoms with Crippen LogP contribution < -0.4 is 15.8 Å². The summed E-state index contributed by atoms with van der Waals surface area (Å²) in [6.07, 6.45) is 4.14. The minimum absolute atomic E-state index is 0.0221. The molecule has 0 spiro atoms. The topological polar surface area (TPSA) is 124 Å². The maximum Gasteiger partial charge on any atom is 0.318 e. The van der Waals surface area contributed by atoms with Gasteiger partial charge in [0.15, 0.2) is 0 Å². The van der Waals surface area contributed by atoms with Crippen molar-refractivity contribution in [2.24, 2.45) is 5.73 Å². The van der Waals surface area contributed by atoms with E-state index in [0.717, 1.165) is 37.0 Å². The monoisotopic (exact) mass is 373 g/mol. The molecule has 1 aromatic heterocycles. The van der Waals surface area contributed by atoms with E-state index in [1.165, 1.54) is 0 Å². The zero-order valence-electron chi connectivity index (χ0n) is 15.2. The second-order valence-electron chi connectivity index (χ2n) is 6.41. The first kappa shape index (κ1) is 18.7. The van der Waals surface area contributed by atoms with Gasteiger partial charge in [-0.15, -0.1) is 0 Å². The van der Waals surface area contributed by atoms with Crippen LogP contribution in [0.3, 0.4) is 0 Å². The molecule has 1 heterocycles. The Balaban J connectivity index is 1.70. The molecule has 0 atom stereocenters. The molecule has 0 bridgehead atoms. The molecule has 0 aliphatic heterocycles. The number of nitrogens with two attached hydrogens (primary N) is 1. The van der Waals surface area contributed by atoms with Crippen LogP contribution in [0.4, 0.5) is 4.79 Å². The van der Waals surface area contributed by atoms with Crippen molar-refractivity contribution in [2.45, 2.75) is 44.8 Å². The van der Waals surface area contributed by atoms with Crippen molar-refractivity contribution in [2.75, 3.05) is 7.11 Å². The van der Waals surface area contributed by atoms with Crippen molar-refractivity contribution in [3.63, 3.8) is 0 Å². The molecule has 3 rings (SSSR count). The van der Waals surface area contributed by atoms with Gasteiger partial charge in [0.2, 0.25) is 5.89 Å². The normalized spacial score (nSPS) is 14.1. The lowest BCUT2D eigenvalue weighted by atomic mass is 10.1. The molecule has 9 nitrogen and oxygen atoms in total. The van der Waals surface area contributed by atoms with E-state index < -0.39 is 5.91 Å². The van der Waals surface area contributed by atoms with Gasteiger partial charge in [0.05, 0.1) is 20.2 Å². The van der Waals surface area contributed by atoms with Crippen LogP contribution in [0.25, 0.3) is 0 Å². The molecule has 1 saturated carbocycles. The Morgan fingerprint density at radius 3 is 2.74 bits per heavy atom. The molecule has 0 saturated heterocycles. The molecule has 1 aliphatic rings. The molecule has 144 valence electrons. The third-order valence-electron chi connectivity index (χ3n) is 4.64. The number of hydrogen-bond acceptors (Lipinski definition) is 6. The van der Waals surface area contributed by atoms with Crippen LogP contribution in [0.1, 0.15) is 47.8 Å². The number of aromatic nitrogens is 2. The first-order valence-corrected chi connectivity index (χ1v) is 8.87.